The van der Waals surface area contributed by atoms with Crippen LogP contribution in [-0.2, 0) is 11.3 Å². The Bertz CT molecular complexity index is 1130. The van der Waals surface area contributed by atoms with Crippen LogP contribution >= 0.6 is 27.7 Å². The highest BCUT2D eigenvalue weighted by atomic mass is 79.9. The lowest BCUT2D eigenvalue weighted by atomic mass is 10.2. The predicted molar refractivity (Wildman–Crippen MR) is 122 cm³/mol. The Kier molecular flexibility index (Phi) is 6.47. The van der Waals surface area contributed by atoms with Crippen LogP contribution in [0, 0.1) is 0 Å². The van der Waals surface area contributed by atoms with Crippen molar-refractivity contribution in [3.63, 3.8) is 0 Å². The highest BCUT2D eigenvalue weighted by molar-refractivity contribution is 9.10. The number of phenols is 1. The zero-order chi connectivity index (χ0) is 21.8. The van der Waals surface area contributed by atoms with Gasteiger partial charge in [0.05, 0.1) is 11.3 Å². The lowest BCUT2D eigenvalue weighted by Crippen LogP contribution is -2.17. The molecule has 4 rings (SSSR count). The molecule has 1 aliphatic heterocycles. The molecular weight excluding hydrogens is 484 g/mol. The normalized spacial score (nSPS) is 12.4. The Morgan fingerprint density at radius 1 is 1.23 bits per heavy atom. The fourth-order valence-corrected chi connectivity index (χ4v) is 4.13. The predicted octanol–water partition coefficient (Wildman–Crippen LogP) is 4.10. The number of nitrogens with zero attached hydrogens (tertiary/aromatic N) is 3. The third kappa shape index (κ3) is 4.86. The van der Waals surface area contributed by atoms with Crippen molar-refractivity contribution in [3.05, 3.63) is 53.5 Å². The first kappa shape index (κ1) is 21.3. The van der Waals surface area contributed by atoms with Gasteiger partial charge in [-0.2, -0.15) is 0 Å². The maximum Gasteiger partial charge on any atom is 0.234 e. The van der Waals surface area contributed by atoms with Gasteiger partial charge < -0.3 is 19.9 Å². The molecule has 0 atom stereocenters. The standard InChI is InChI=1S/C21H19BrN4O4S/c1-2-7-26-20(15-10-13(22)3-5-16(15)27)24-25-21(26)31-12-19(28)23-14-4-6-17-18(11-14)30-9-8-29-17/h2-6,10-11,27H,1,7-9,12H2,(H,23,28). The molecule has 2 heterocycles. The van der Waals surface area contributed by atoms with Crippen LogP contribution in [0.4, 0.5) is 5.69 Å². The minimum absolute atomic E-state index is 0.0915. The van der Waals surface area contributed by atoms with E-state index in [1.807, 2.05) is 0 Å². The van der Waals surface area contributed by atoms with E-state index in [0.29, 0.717) is 53.5 Å². The number of aromatic nitrogens is 3. The Balaban J connectivity index is 1.47. The summed E-state index contributed by atoms with van der Waals surface area (Å²) in [5.74, 6) is 1.80. The molecule has 0 radical (unpaired) electrons. The maximum atomic E-state index is 12.5. The highest BCUT2D eigenvalue weighted by Crippen LogP contribution is 2.34. The average molecular weight is 503 g/mol. The van der Waals surface area contributed by atoms with E-state index in [2.05, 4.69) is 38.0 Å². The van der Waals surface area contributed by atoms with Crippen molar-refractivity contribution in [1.82, 2.24) is 14.8 Å². The van der Waals surface area contributed by atoms with E-state index in [0.717, 1.165) is 4.47 Å². The van der Waals surface area contributed by atoms with Crippen LogP contribution in [-0.4, -0.2) is 44.7 Å². The van der Waals surface area contributed by atoms with Crippen LogP contribution in [0.3, 0.4) is 0 Å². The molecule has 0 bridgehead atoms. The van der Waals surface area contributed by atoms with E-state index in [1.165, 1.54) is 11.8 Å². The Labute approximate surface area is 191 Å². The highest BCUT2D eigenvalue weighted by Gasteiger charge is 2.18. The third-order valence-electron chi connectivity index (χ3n) is 4.39. The van der Waals surface area contributed by atoms with E-state index < -0.39 is 0 Å². The van der Waals surface area contributed by atoms with Gasteiger partial charge in [0.25, 0.3) is 0 Å². The summed E-state index contributed by atoms with van der Waals surface area (Å²) < 4.78 is 13.6. The number of halogens is 1. The number of allylic oxidation sites excluding steroid dienone is 1. The van der Waals surface area contributed by atoms with Crippen molar-refractivity contribution >= 4 is 39.3 Å². The molecule has 10 heteroatoms. The second kappa shape index (κ2) is 9.44. The summed E-state index contributed by atoms with van der Waals surface area (Å²) in [4.78, 5) is 12.5. The van der Waals surface area contributed by atoms with Crippen LogP contribution in [0.1, 0.15) is 0 Å². The number of nitrogens with one attached hydrogen (secondary N) is 1. The molecule has 2 N–H and O–H groups in total. The van der Waals surface area contributed by atoms with Crippen molar-refractivity contribution in [2.24, 2.45) is 0 Å². The fourth-order valence-electron chi connectivity index (χ4n) is 3.02. The summed E-state index contributed by atoms with van der Waals surface area (Å²) in [6.07, 6.45) is 1.71. The van der Waals surface area contributed by atoms with Gasteiger partial charge in [-0.1, -0.05) is 33.8 Å². The first-order valence-corrected chi connectivity index (χ1v) is 11.2. The van der Waals surface area contributed by atoms with Gasteiger partial charge in [0.1, 0.15) is 19.0 Å². The van der Waals surface area contributed by atoms with Gasteiger partial charge in [-0.3, -0.25) is 9.36 Å². The van der Waals surface area contributed by atoms with Crippen molar-refractivity contribution in [2.75, 3.05) is 24.3 Å². The molecule has 0 saturated heterocycles. The molecule has 3 aromatic rings. The lowest BCUT2D eigenvalue weighted by Gasteiger charge is -2.19. The molecule has 0 spiro atoms. The van der Waals surface area contributed by atoms with Gasteiger partial charge in [0, 0.05) is 22.8 Å². The van der Waals surface area contributed by atoms with Gasteiger partial charge in [0.2, 0.25) is 5.91 Å². The summed E-state index contributed by atoms with van der Waals surface area (Å²) in [6, 6.07) is 10.4. The minimum atomic E-state index is -0.193. The molecule has 0 aliphatic carbocycles. The summed E-state index contributed by atoms with van der Waals surface area (Å²) >= 11 is 4.65. The zero-order valence-electron chi connectivity index (χ0n) is 16.4. The van der Waals surface area contributed by atoms with E-state index in [1.54, 1.807) is 47.0 Å². The van der Waals surface area contributed by atoms with Crippen molar-refractivity contribution in [3.8, 4) is 28.6 Å². The molecular formula is C21H19BrN4O4S. The van der Waals surface area contributed by atoms with Crippen LogP contribution in [0.15, 0.2) is 58.7 Å². The number of ether oxygens (including phenoxy) is 2. The Morgan fingerprint density at radius 2 is 2.03 bits per heavy atom. The number of aromatic hydroxyl groups is 1. The number of benzene rings is 2. The largest absolute Gasteiger partial charge is 0.507 e. The number of anilines is 1. The van der Waals surface area contributed by atoms with Crippen molar-refractivity contribution < 1.29 is 19.4 Å². The molecule has 1 aliphatic rings. The van der Waals surface area contributed by atoms with E-state index in [-0.39, 0.29) is 17.4 Å². The van der Waals surface area contributed by atoms with Crippen LogP contribution in [0.5, 0.6) is 17.2 Å². The molecule has 2 aromatic carbocycles. The summed E-state index contributed by atoms with van der Waals surface area (Å²) in [5.41, 5.74) is 1.17. The first-order chi connectivity index (χ1) is 15.0. The van der Waals surface area contributed by atoms with Crippen LogP contribution in [0.25, 0.3) is 11.4 Å². The van der Waals surface area contributed by atoms with Crippen LogP contribution < -0.4 is 14.8 Å². The minimum Gasteiger partial charge on any atom is -0.507 e. The molecule has 1 amide bonds. The monoisotopic (exact) mass is 502 g/mol. The quantitative estimate of drug-likeness (QED) is 0.370. The van der Waals surface area contributed by atoms with E-state index >= 15 is 0 Å². The van der Waals surface area contributed by atoms with Crippen LogP contribution in [0.2, 0.25) is 0 Å². The molecule has 0 unspecified atom stereocenters. The summed E-state index contributed by atoms with van der Waals surface area (Å²) in [7, 11) is 0. The molecule has 8 nitrogen and oxygen atoms in total. The number of carbonyl (C=O) groups is 1. The number of amides is 1. The lowest BCUT2D eigenvalue weighted by molar-refractivity contribution is -0.113. The second-order valence-electron chi connectivity index (χ2n) is 6.56. The topological polar surface area (TPSA) is 98.5 Å². The Hall–Kier alpha value is -2.98. The maximum absolute atomic E-state index is 12.5. The number of fused-ring (bicyclic) bond motifs is 1. The first-order valence-electron chi connectivity index (χ1n) is 9.40. The molecule has 31 heavy (non-hydrogen) atoms. The Morgan fingerprint density at radius 3 is 2.84 bits per heavy atom. The van der Waals surface area contributed by atoms with Gasteiger partial charge in [0.15, 0.2) is 22.5 Å². The molecule has 0 saturated carbocycles. The number of carbonyl (C=O) groups excluding carboxylic acids is 1. The fraction of sp³-hybridized carbons (Fsp3) is 0.190. The molecule has 160 valence electrons. The number of thioether (sulfide) groups is 1. The van der Waals surface area contributed by atoms with E-state index in [9.17, 15) is 9.90 Å². The average Bonchev–Trinajstić information content (AvgIpc) is 3.16. The van der Waals surface area contributed by atoms with Gasteiger partial charge >= 0.3 is 0 Å². The van der Waals surface area contributed by atoms with E-state index in [4.69, 9.17) is 9.47 Å². The SMILES string of the molecule is C=CCn1c(SCC(=O)Nc2ccc3c(c2)OCCO3)nnc1-c1cc(Br)ccc1O. The number of hydrogen-bond acceptors (Lipinski definition) is 7. The summed E-state index contributed by atoms with van der Waals surface area (Å²) in [6.45, 7) is 5.21. The van der Waals surface area contributed by atoms with Crippen molar-refractivity contribution in [1.29, 1.82) is 0 Å². The molecule has 0 fully saturated rings. The molecule has 1 aromatic heterocycles. The number of phenolic OH excluding ortho intramolecular Hbond substituents is 1. The summed E-state index contributed by atoms with van der Waals surface area (Å²) in [5, 5.41) is 22.1. The smallest absolute Gasteiger partial charge is 0.234 e. The third-order valence-corrected chi connectivity index (χ3v) is 5.85. The van der Waals surface area contributed by atoms with Crippen molar-refractivity contribution in [2.45, 2.75) is 11.7 Å². The second-order valence-corrected chi connectivity index (χ2v) is 8.42. The van der Waals surface area contributed by atoms with Gasteiger partial charge in [-0.05, 0) is 30.3 Å². The van der Waals surface area contributed by atoms with Gasteiger partial charge in [-0.25, -0.2) is 0 Å². The zero-order valence-corrected chi connectivity index (χ0v) is 18.8. The van der Waals surface area contributed by atoms with Gasteiger partial charge in [-0.15, -0.1) is 16.8 Å². The number of rotatable bonds is 7. The number of hydrogen-bond donors (Lipinski definition) is 2.